The molecule has 0 saturated heterocycles. The lowest BCUT2D eigenvalue weighted by Gasteiger charge is -2.12. The van der Waals surface area contributed by atoms with Crippen LogP contribution in [0.3, 0.4) is 0 Å². The maximum Gasteiger partial charge on any atom is 0.216 e. The zero-order valence-corrected chi connectivity index (χ0v) is 13.1. The molecule has 112 valence electrons. The molecular formula is C15H18ClN3O2. The van der Waals surface area contributed by atoms with Crippen LogP contribution in [0.25, 0.3) is 0 Å². The Hall–Kier alpha value is -1.88. The Kier molecular flexibility index (Phi) is 3.68. The first-order valence-electron chi connectivity index (χ1n) is 6.85. The molecule has 0 spiro atoms. The molecule has 1 aromatic heterocycles. The summed E-state index contributed by atoms with van der Waals surface area (Å²) in [5.74, 6) is 1.67. The van der Waals surface area contributed by atoms with Gasteiger partial charge in [0.05, 0.1) is 30.7 Å². The molecule has 0 fully saturated rings. The smallest absolute Gasteiger partial charge is 0.216 e. The topological polar surface area (TPSA) is 48.3 Å². The van der Waals surface area contributed by atoms with Gasteiger partial charge in [-0.1, -0.05) is 11.6 Å². The fraction of sp³-hybridized carbons (Fsp3) is 0.400. The summed E-state index contributed by atoms with van der Waals surface area (Å²) in [6.45, 7) is 3.29. The van der Waals surface area contributed by atoms with Crippen molar-refractivity contribution in [2.24, 2.45) is 7.05 Å². The third kappa shape index (κ3) is 2.53. The third-order valence-electron chi connectivity index (χ3n) is 3.69. The fourth-order valence-corrected chi connectivity index (χ4v) is 2.96. The number of hydrogen-bond acceptors (Lipinski definition) is 4. The molecule has 1 aromatic carbocycles. The molecule has 0 saturated carbocycles. The lowest BCUT2D eigenvalue weighted by molar-refractivity contribution is 0.358. The number of methoxy groups -OCH3 is 1. The number of fused-ring (bicyclic) bond motifs is 1. The highest BCUT2D eigenvalue weighted by Crippen LogP contribution is 2.37. The molecule has 1 aliphatic heterocycles. The van der Waals surface area contributed by atoms with Gasteiger partial charge in [0.25, 0.3) is 0 Å². The average Bonchev–Trinajstić information content (AvgIpc) is 3.00. The normalized spacial score (nSPS) is 13.0. The van der Waals surface area contributed by atoms with Crippen molar-refractivity contribution in [3.05, 3.63) is 34.0 Å². The summed E-state index contributed by atoms with van der Waals surface area (Å²) in [5, 5.41) is 8.49. The molecule has 2 aromatic rings. The van der Waals surface area contributed by atoms with E-state index in [1.54, 1.807) is 11.8 Å². The number of nitrogens with one attached hydrogen (secondary N) is 1. The van der Waals surface area contributed by atoms with E-state index in [0.717, 1.165) is 45.6 Å². The Morgan fingerprint density at radius 2 is 2.29 bits per heavy atom. The molecular weight excluding hydrogens is 290 g/mol. The van der Waals surface area contributed by atoms with Crippen LogP contribution in [0.15, 0.2) is 12.1 Å². The number of nitrogens with zero attached hydrogens (tertiary/aromatic N) is 2. The van der Waals surface area contributed by atoms with E-state index < -0.39 is 0 Å². The van der Waals surface area contributed by atoms with E-state index in [2.05, 4.69) is 10.4 Å². The summed E-state index contributed by atoms with van der Waals surface area (Å²) < 4.78 is 12.8. The number of aryl methyl sites for hydroxylation is 2. The van der Waals surface area contributed by atoms with Crippen LogP contribution >= 0.6 is 11.6 Å². The SMILES string of the molecule is COc1c(CNc2cc(Cl)cc3c2OCC3)c(C)nn1C. The molecule has 21 heavy (non-hydrogen) atoms. The van der Waals surface area contributed by atoms with Gasteiger partial charge in [-0.05, 0) is 19.1 Å². The second-order valence-corrected chi connectivity index (χ2v) is 5.53. The summed E-state index contributed by atoms with van der Waals surface area (Å²) in [6.07, 6.45) is 0.903. The van der Waals surface area contributed by atoms with Gasteiger partial charge in [0.15, 0.2) is 0 Å². The molecule has 0 atom stereocenters. The van der Waals surface area contributed by atoms with E-state index >= 15 is 0 Å². The maximum absolute atomic E-state index is 6.17. The first kappa shape index (κ1) is 14.1. The summed E-state index contributed by atoms with van der Waals surface area (Å²) >= 11 is 6.17. The molecule has 0 unspecified atom stereocenters. The second-order valence-electron chi connectivity index (χ2n) is 5.09. The van der Waals surface area contributed by atoms with Crippen molar-refractivity contribution in [1.29, 1.82) is 0 Å². The summed E-state index contributed by atoms with van der Waals surface area (Å²) in [6, 6.07) is 3.86. The Morgan fingerprint density at radius 3 is 3.05 bits per heavy atom. The van der Waals surface area contributed by atoms with Gasteiger partial charge in [-0.2, -0.15) is 5.10 Å². The van der Waals surface area contributed by atoms with Gasteiger partial charge in [0.2, 0.25) is 5.88 Å². The standard InChI is InChI=1S/C15H18ClN3O2/c1-9-12(15(20-3)19(2)18-9)8-17-13-7-11(16)6-10-4-5-21-14(10)13/h6-7,17H,4-5,8H2,1-3H3. The van der Waals surface area contributed by atoms with Crippen LogP contribution < -0.4 is 14.8 Å². The molecule has 1 N–H and O–H groups in total. The highest BCUT2D eigenvalue weighted by atomic mass is 35.5. The van der Waals surface area contributed by atoms with Crippen molar-refractivity contribution < 1.29 is 9.47 Å². The largest absolute Gasteiger partial charge is 0.491 e. The lowest BCUT2D eigenvalue weighted by atomic mass is 10.1. The van der Waals surface area contributed by atoms with Crippen LogP contribution in [0, 0.1) is 6.92 Å². The number of benzene rings is 1. The van der Waals surface area contributed by atoms with Gasteiger partial charge < -0.3 is 14.8 Å². The molecule has 2 heterocycles. The first-order valence-corrected chi connectivity index (χ1v) is 7.23. The monoisotopic (exact) mass is 307 g/mol. The van der Waals surface area contributed by atoms with E-state index in [1.165, 1.54) is 0 Å². The zero-order chi connectivity index (χ0) is 15.0. The van der Waals surface area contributed by atoms with E-state index in [0.29, 0.717) is 13.2 Å². The van der Waals surface area contributed by atoms with Crippen LogP contribution in [-0.4, -0.2) is 23.5 Å². The van der Waals surface area contributed by atoms with E-state index in [9.17, 15) is 0 Å². The highest BCUT2D eigenvalue weighted by molar-refractivity contribution is 6.31. The number of anilines is 1. The number of aromatic nitrogens is 2. The van der Waals surface area contributed by atoms with Gasteiger partial charge in [0.1, 0.15) is 5.75 Å². The van der Waals surface area contributed by atoms with Crippen molar-refractivity contribution in [3.8, 4) is 11.6 Å². The van der Waals surface area contributed by atoms with Crippen LogP contribution in [0.4, 0.5) is 5.69 Å². The van der Waals surface area contributed by atoms with Crippen molar-refractivity contribution in [2.45, 2.75) is 19.9 Å². The van der Waals surface area contributed by atoms with Crippen LogP contribution in [0.5, 0.6) is 11.6 Å². The van der Waals surface area contributed by atoms with Gasteiger partial charge in [-0.25, -0.2) is 4.68 Å². The molecule has 6 heteroatoms. The highest BCUT2D eigenvalue weighted by Gasteiger charge is 2.19. The summed E-state index contributed by atoms with van der Waals surface area (Å²) in [4.78, 5) is 0. The zero-order valence-electron chi connectivity index (χ0n) is 12.4. The van der Waals surface area contributed by atoms with Gasteiger partial charge in [0, 0.05) is 30.6 Å². The molecule has 0 aliphatic carbocycles. The van der Waals surface area contributed by atoms with Crippen LogP contribution in [0.1, 0.15) is 16.8 Å². The average molecular weight is 308 g/mol. The predicted octanol–water partition coefficient (Wildman–Crippen LogP) is 2.94. The van der Waals surface area contributed by atoms with Gasteiger partial charge in [-0.15, -0.1) is 0 Å². The molecule has 0 amide bonds. The number of halogens is 1. The number of hydrogen-bond donors (Lipinski definition) is 1. The number of rotatable bonds is 4. The molecule has 1 aliphatic rings. The Balaban J connectivity index is 1.86. The molecule has 5 nitrogen and oxygen atoms in total. The lowest BCUT2D eigenvalue weighted by Crippen LogP contribution is -2.04. The van der Waals surface area contributed by atoms with Gasteiger partial charge >= 0.3 is 0 Å². The summed E-state index contributed by atoms with van der Waals surface area (Å²) in [7, 11) is 3.52. The molecule has 0 bridgehead atoms. The van der Waals surface area contributed by atoms with Crippen molar-refractivity contribution in [1.82, 2.24) is 9.78 Å². The van der Waals surface area contributed by atoms with Crippen LogP contribution in [-0.2, 0) is 20.0 Å². The van der Waals surface area contributed by atoms with E-state index in [1.807, 2.05) is 26.1 Å². The Morgan fingerprint density at radius 1 is 1.48 bits per heavy atom. The predicted molar refractivity (Wildman–Crippen MR) is 82.5 cm³/mol. The molecule has 0 radical (unpaired) electrons. The van der Waals surface area contributed by atoms with E-state index in [-0.39, 0.29) is 0 Å². The van der Waals surface area contributed by atoms with Crippen molar-refractivity contribution in [2.75, 3.05) is 19.0 Å². The van der Waals surface area contributed by atoms with E-state index in [4.69, 9.17) is 21.1 Å². The summed E-state index contributed by atoms with van der Waals surface area (Å²) in [5.41, 5.74) is 4.05. The third-order valence-corrected chi connectivity index (χ3v) is 3.90. The minimum absolute atomic E-state index is 0.610. The second kappa shape index (κ2) is 5.48. The minimum Gasteiger partial charge on any atom is -0.491 e. The van der Waals surface area contributed by atoms with Crippen LogP contribution in [0.2, 0.25) is 5.02 Å². The van der Waals surface area contributed by atoms with Crippen molar-refractivity contribution in [3.63, 3.8) is 0 Å². The van der Waals surface area contributed by atoms with Gasteiger partial charge in [-0.3, -0.25) is 0 Å². The fourth-order valence-electron chi connectivity index (χ4n) is 2.72. The quantitative estimate of drug-likeness (QED) is 0.943. The molecule has 3 rings (SSSR count). The van der Waals surface area contributed by atoms with Crippen molar-refractivity contribution >= 4 is 17.3 Å². The minimum atomic E-state index is 0.610. The first-order chi connectivity index (χ1) is 10.1. The Bertz CT molecular complexity index is 682. The number of ether oxygens (including phenoxy) is 2. The Labute approximate surface area is 128 Å². The maximum atomic E-state index is 6.17.